The van der Waals surface area contributed by atoms with E-state index in [1.165, 1.54) is 31.0 Å². The van der Waals surface area contributed by atoms with Gasteiger partial charge in [-0.05, 0) is 37.3 Å². The van der Waals surface area contributed by atoms with E-state index < -0.39 is 0 Å². The van der Waals surface area contributed by atoms with Crippen molar-refractivity contribution in [3.63, 3.8) is 0 Å². The van der Waals surface area contributed by atoms with Gasteiger partial charge in [-0.2, -0.15) is 5.10 Å². The number of fused-ring (bicyclic) bond motifs is 1. The number of carbonyl (C=O) groups is 1. The van der Waals surface area contributed by atoms with Crippen molar-refractivity contribution in [1.29, 1.82) is 0 Å². The van der Waals surface area contributed by atoms with E-state index in [1.807, 2.05) is 24.3 Å². The van der Waals surface area contributed by atoms with E-state index in [-0.39, 0.29) is 5.91 Å². The second kappa shape index (κ2) is 6.96. The molecule has 1 atom stereocenters. The predicted octanol–water partition coefficient (Wildman–Crippen LogP) is 3.34. The molecule has 1 fully saturated rings. The first-order valence-corrected chi connectivity index (χ1v) is 8.64. The quantitative estimate of drug-likeness (QED) is 0.671. The summed E-state index contributed by atoms with van der Waals surface area (Å²) in [5.41, 5.74) is 5.70. The van der Waals surface area contributed by atoms with E-state index in [9.17, 15) is 4.79 Å². The zero-order valence-electron chi connectivity index (χ0n) is 12.6. The molecular formula is C16H20N4OS. The summed E-state index contributed by atoms with van der Waals surface area (Å²) >= 11 is 1.39. The van der Waals surface area contributed by atoms with E-state index in [4.69, 9.17) is 0 Å². The third-order valence-corrected chi connectivity index (χ3v) is 4.79. The summed E-state index contributed by atoms with van der Waals surface area (Å²) < 4.78 is 0. The van der Waals surface area contributed by atoms with E-state index in [0.717, 1.165) is 28.3 Å². The van der Waals surface area contributed by atoms with E-state index in [2.05, 4.69) is 27.4 Å². The number of hydrazone groups is 1. The average molecular weight is 316 g/mol. The van der Waals surface area contributed by atoms with Crippen LogP contribution in [0.15, 0.2) is 34.5 Å². The van der Waals surface area contributed by atoms with Crippen LogP contribution in [0.25, 0.3) is 11.0 Å². The molecule has 0 bridgehead atoms. The topological polar surface area (TPSA) is 70.1 Å². The monoisotopic (exact) mass is 316 g/mol. The molecule has 1 heterocycles. The van der Waals surface area contributed by atoms with Crippen LogP contribution >= 0.6 is 11.8 Å². The minimum absolute atomic E-state index is 0.0873. The van der Waals surface area contributed by atoms with Gasteiger partial charge in [-0.25, -0.2) is 10.4 Å². The average Bonchev–Trinajstić information content (AvgIpc) is 2.95. The van der Waals surface area contributed by atoms with Gasteiger partial charge in [-0.15, -0.1) is 0 Å². The Kier molecular flexibility index (Phi) is 4.77. The Hall–Kier alpha value is -1.82. The van der Waals surface area contributed by atoms with Gasteiger partial charge in [0.05, 0.1) is 16.8 Å². The summed E-state index contributed by atoms with van der Waals surface area (Å²) in [7, 11) is 0. The second-order valence-corrected chi connectivity index (χ2v) is 6.60. The predicted molar refractivity (Wildman–Crippen MR) is 90.0 cm³/mol. The Balaban J connectivity index is 1.52. The molecule has 0 radical (unpaired) electrons. The highest BCUT2D eigenvalue weighted by atomic mass is 32.2. The molecule has 22 heavy (non-hydrogen) atoms. The highest BCUT2D eigenvalue weighted by Crippen LogP contribution is 2.21. The lowest BCUT2D eigenvalue weighted by atomic mass is 9.89. The Morgan fingerprint density at radius 1 is 1.45 bits per heavy atom. The van der Waals surface area contributed by atoms with Crippen molar-refractivity contribution in [1.82, 2.24) is 15.4 Å². The molecule has 116 valence electrons. The fourth-order valence-corrected chi connectivity index (χ4v) is 3.31. The number of benzene rings is 1. The molecule has 1 aromatic heterocycles. The van der Waals surface area contributed by atoms with Crippen LogP contribution in [-0.4, -0.2) is 27.3 Å². The summed E-state index contributed by atoms with van der Waals surface area (Å²) in [6.07, 6.45) is 4.60. The Labute approximate surface area is 134 Å². The van der Waals surface area contributed by atoms with Crippen molar-refractivity contribution in [3.8, 4) is 0 Å². The van der Waals surface area contributed by atoms with Gasteiger partial charge in [0, 0.05) is 5.71 Å². The highest BCUT2D eigenvalue weighted by Gasteiger charge is 2.16. The van der Waals surface area contributed by atoms with Gasteiger partial charge in [0.1, 0.15) is 0 Å². The summed E-state index contributed by atoms with van der Waals surface area (Å²) in [4.78, 5) is 19.5. The first-order valence-electron chi connectivity index (χ1n) is 7.65. The number of nitrogens with zero attached hydrogens (tertiary/aromatic N) is 2. The molecule has 1 saturated carbocycles. The number of carbonyl (C=O) groups excluding carboxylic acids is 1. The van der Waals surface area contributed by atoms with Crippen LogP contribution in [0.1, 0.15) is 32.6 Å². The van der Waals surface area contributed by atoms with Crippen LogP contribution in [0.5, 0.6) is 0 Å². The third-order valence-electron chi connectivity index (χ3n) is 3.92. The number of amides is 1. The number of imidazole rings is 1. The van der Waals surface area contributed by atoms with Crippen molar-refractivity contribution >= 4 is 34.4 Å². The number of hydrogen-bond acceptors (Lipinski definition) is 4. The van der Waals surface area contributed by atoms with Crippen molar-refractivity contribution in [2.75, 3.05) is 5.75 Å². The minimum atomic E-state index is -0.0873. The standard InChI is InChI=1S/C16H20N4OS/c1-11-6-2-3-7-12(11)19-20-15(21)10-22-16-17-13-8-4-5-9-14(13)18-16/h4-5,8-9,11H,2-3,6-7,10H2,1H3,(H,17,18)(H,20,21)/b19-12-. The molecule has 1 aromatic carbocycles. The van der Waals surface area contributed by atoms with E-state index in [1.54, 1.807) is 0 Å². The minimum Gasteiger partial charge on any atom is -0.333 e. The smallest absolute Gasteiger partial charge is 0.250 e. The van der Waals surface area contributed by atoms with Crippen LogP contribution in [0.4, 0.5) is 0 Å². The largest absolute Gasteiger partial charge is 0.333 e. The molecule has 1 amide bonds. The van der Waals surface area contributed by atoms with Crippen molar-refractivity contribution in [2.45, 2.75) is 37.8 Å². The Morgan fingerprint density at radius 3 is 3.14 bits per heavy atom. The molecular weight excluding hydrogens is 296 g/mol. The van der Waals surface area contributed by atoms with Gasteiger partial charge >= 0.3 is 0 Å². The number of para-hydroxylation sites is 2. The highest BCUT2D eigenvalue weighted by molar-refractivity contribution is 7.99. The zero-order valence-corrected chi connectivity index (χ0v) is 13.4. The number of rotatable bonds is 4. The SMILES string of the molecule is CC1CCCC/C1=N/NC(=O)CSc1nc2ccccc2[nH]1. The second-order valence-electron chi connectivity index (χ2n) is 5.63. The van der Waals surface area contributed by atoms with Gasteiger partial charge in [0.25, 0.3) is 5.91 Å². The van der Waals surface area contributed by atoms with Gasteiger partial charge in [0.15, 0.2) is 5.16 Å². The molecule has 1 unspecified atom stereocenters. The van der Waals surface area contributed by atoms with Crippen molar-refractivity contribution in [2.24, 2.45) is 11.0 Å². The molecule has 2 aromatic rings. The van der Waals surface area contributed by atoms with Crippen LogP contribution < -0.4 is 5.43 Å². The van der Waals surface area contributed by atoms with Crippen LogP contribution in [0, 0.1) is 5.92 Å². The zero-order chi connectivity index (χ0) is 15.4. The Bertz CT molecular complexity index is 661. The number of H-pyrrole nitrogens is 1. The maximum absolute atomic E-state index is 11.9. The molecule has 0 aliphatic heterocycles. The Morgan fingerprint density at radius 2 is 2.32 bits per heavy atom. The van der Waals surface area contributed by atoms with Crippen molar-refractivity contribution in [3.05, 3.63) is 24.3 Å². The molecule has 1 aliphatic carbocycles. The number of aromatic nitrogens is 2. The number of hydrogen-bond donors (Lipinski definition) is 2. The maximum Gasteiger partial charge on any atom is 0.250 e. The number of thioether (sulfide) groups is 1. The number of aromatic amines is 1. The van der Waals surface area contributed by atoms with Crippen LogP contribution in [0.2, 0.25) is 0 Å². The summed E-state index contributed by atoms with van der Waals surface area (Å²) in [5, 5.41) is 5.05. The number of nitrogens with one attached hydrogen (secondary N) is 2. The normalized spacial score (nSPS) is 20.4. The molecule has 0 saturated heterocycles. The van der Waals surface area contributed by atoms with Gasteiger partial charge < -0.3 is 4.98 Å². The van der Waals surface area contributed by atoms with E-state index in [0.29, 0.717) is 11.7 Å². The fraction of sp³-hybridized carbons (Fsp3) is 0.438. The lowest BCUT2D eigenvalue weighted by Gasteiger charge is -2.19. The summed E-state index contributed by atoms with van der Waals surface area (Å²) in [6.45, 7) is 2.17. The maximum atomic E-state index is 11.9. The van der Waals surface area contributed by atoms with E-state index >= 15 is 0 Å². The first kappa shape index (κ1) is 15.1. The van der Waals surface area contributed by atoms with Gasteiger partial charge in [-0.3, -0.25) is 4.79 Å². The first-order chi connectivity index (χ1) is 10.7. The molecule has 3 rings (SSSR count). The summed E-state index contributed by atoms with van der Waals surface area (Å²) in [6, 6.07) is 7.84. The van der Waals surface area contributed by atoms with Crippen LogP contribution in [0.3, 0.4) is 0 Å². The van der Waals surface area contributed by atoms with Gasteiger partial charge in [0.2, 0.25) is 0 Å². The van der Waals surface area contributed by atoms with Crippen LogP contribution in [-0.2, 0) is 4.79 Å². The molecule has 0 spiro atoms. The van der Waals surface area contributed by atoms with Crippen molar-refractivity contribution < 1.29 is 4.79 Å². The third kappa shape index (κ3) is 3.68. The fourth-order valence-electron chi connectivity index (χ4n) is 2.63. The summed E-state index contributed by atoms with van der Waals surface area (Å²) in [5.74, 6) is 0.707. The van der Waals surface area contributed by atoms with Gasteiger partial charge in [-0.1, -0.05) is 37.2 Å². The molecule has 5 nitrogen and oxygen atoms in total. The lowest BCUT2D eigenvalue weighted by Crippen LogP contribution is -2.25. The lowest BCUT2D eigenvalue weighted by molar-refractivity contribution is -0.118. The molecule has 6 heteroatoms. The molecule has 2 N–H and O–H groups in total. The molecule has 1 aliphatic rings.